The number of rotatable bonds is 5. The van der Waals surface area contributed by atoms with Crippen molar-refractivity contribution in [2.24, 2.45) is 0 Å². The Morgan fingerprint density at radius 2 is 2.19 bits per heavy atom. The first kappa shape index (κ1) is 13.2. The summed E-state index contributed by atoms with van der Waals surface area (Å²) in [5, 5.41) is 2.81. The summed E-state index contributed by atoms with van der Waals surface area (Å²) in [6.07, 6.45) is 5.32. The van der Waals surface area contributed by atoms with Crippen molar-refractivity contribution in [3.63, 3.8) is 0 Å². The maximum absolute atomic E-state index is 11.6. The first-order valence-corrected chi connectivity index (χ1v) is 6.74. The Balaban J connectivity index is 1.50. The Kier molecular flexibility index (Phi) is 3.82. The van der Waals surface area contributed by atoms with Crippen molar-refractivity contribution in [3.8, 4) is 0 Å². The van der Waals surface area contributed by atoms with Gasteiger partial charge >= 0.3 is 0 Å². The fourth-order valence-corrected chi connectivity index (χ4v) is 2.03. The third-order valence-corrected chi connectivity index (χ3v) is 3.04. The second-order valence-electron chi connectivity index (χ2n) is 4.59. The van der Waals surface area contributed by atoms with Gasteiger partial charge in [-0.05, 0) is 30.3 Å². The minimum atomic E-state index is -0.150. The summed E-state index contributed by atoms with van der Waals surface area (Å²) in [6.45, 7) is 0.529. The molecule has 2 N–H and O–H groups in total. The Bertz CT molecular complexity index is 724. The molecule has 5 nitrogen and oxygen atoms in total. The molecule has 0 saturated heterocycles. The van der Waals surface area contributed by atoms with Gasteiger partial charge in [0.15, 0.2) is 0 Å². The summed E-state index contributed by atoms with van der Waals surface area (Å²) in [5.41, 5.74) is 1.95. The zero-order valence-corrected chi connectivity index (χ0v) is 11.4. The molecule has 0 bridgehead atoms. The third kappa shape index (κ3) is 3.39. The molecule has 0 unspecified atom stereocenters. The number of benzene rings is 1. The van der Waals surface area contributed by atoms with Crippen LogP contribution in [0, 0.1) is 0 Å². The molecule has 21 heavy (non-hydrogen) atoms. The number of furan rings is 1. The van der Waals surface area contributed by atoms with E-state index in [1.807, 2.05) is 24.3 Å². The normalized spacial score (nSPS) is 11.2. The van der Waals surface area contributed by atoms with Gasteiger partial charge in [0.1, 0.15) is 11.6 Å². The van der Waals surface area contributed by atoms with Crippen LogP contribution in [-0.2, 0) is 11.2 Å². The van der Waals surface area contributed by atoms with Crippen LogP contribution in [0.3, 0.4) is 0 Å². The molecule has 106 valence electrons. The van der Waals surface area contributed by atoms with Crippen molar-refractivity contribution in [2.45, 2.75) is 6.42 Å². The van der Waals surface area contributed by atoms with Crippen molar-refractivity contribution in [1.29, 1.82) is 0 Å². The number of hydrogen-bond acceptors (Lipinski definition) is 3. The molecule has 2 aromatic heterocycles. The van der Waals surface area contributed by atoms with Crippen LogP contribution in [0.4, 0.5) is 0 Å². The van der Waals surface area contributed by atoms with Crippen molar-refractivity contribution in [3.05, 3.63) is 60.3 Å². The molecule has 0 fully saturated rings. The minimum Gasteiger partial charge on any atom is -0.465 e. The van der Waals surface area contributed by atoms with Crippen molar-refractivity contribution >= 4 is 23.0 Å². The maximum atomic E-state index is 11.6. The smallest absolute Gasteiger partial charge is 0.244 e. The zero-order valence-electron chi connectivity index (χ0n) is 11.4. The van der Waals surface area contributed by atoms with Crippen LogP contribution in [0.5, 0.6) is 0 Å². The molecule has 5 heteroatoms. The Hall–Kier alpha value is -2.82. The summed E-state index contributed by atoms with van der Waals surface area (Å²) in [5.74, 6) is 1.37. The largest absolute Gasteiger partial charge is 0.465 e. The maximum Gasteiger partial charge on any atom is 0.244 e. The van der Waals surface area contributed by atoms with E-state index in [0.717, 1.165) is 16.9 Å². The van der Waals surface area contributed by atoms with E-state index in [-0.39, 0.29) is 5.91 Å². The first-order valence-electron chi connectivity index (χ1n) is 6.74. The molecule has 2 heterocycles. The molecular formula is C16H15N3O2. The first-order chi connectivity index (χ1) is 10.3. The van der Waals surface area contributed by atoms with E-state index in [1.54, 1.807) is 24.5 Å². The number of fused-ring (bicyclic) bond motifs is 1. The summed E-state index contributed by atoms with van der Waals surface area (Å²) < 4.78 is 5.11. The summed E-state index contributed by atoms with van der Waals surface area (Å²) in [6, 6.07) is 11.4. The van der Waals surface area contributed by atoms with Crippen LogP contribution in [0.15, 0.2) is 53.2 Å². The molecule has 3 rings (SSSR count). The van der Waals surface area contributed by atoms with Gasteiger partial charge in [-0.3, -0.25) is 4.79 Å². The Morgan fingerprint density at radius 1 is 1.29 bits per heavy atom. The van der Waals surface area contributed by atoms with Gasteiger partial charge in [0.05, 0.1) is 17.3 Å². The topological polar surface area (TPSA) is 70.9 Å². The van der Waals surface area contributed by atoms with Gasteiger partial charge in [-0.2, -0.15) is 0 Å². The average Bonchev–Trinajstić information content (AvgIpc) is 3.14. The van der Waals surface area contributed by atoms with E-state index in [0.29, 0.717) is 18.7 Å². The highest BCUT2D eigenvalue weighted by Gasteiger charge is 2.02. The van der Waals surface area contributed by atoms with Gasteiger partial charge < -0.3 is 14.7 Å². The zero-order chi connectivity index (χ0) is 14.5. The Labute approximate surface area is 121 Å². The number of nitrogens with one attached hydrogen (secondary N) is 2. The predicted molar refractivity (Wildman–Crippen MR) is 80.5 cm³/mol. The van der Waals surface area contributed by atoms with E-state index < -0.39 is 0 Å². The molecule has 1 aromatic carbocycles. The lowest BCUT2D eigenvalue weighted by molar-refractivity contribution is -0.116. The standard InChI is InChI=1S/C16H15N3O2/c20-16(8-7-12-4-3-11-21-12)17-10-9-15-18-13-5-1-2-6-14(13)19-15/h1-8,11H,9-10H2,(H,17,20)(H,18,19)/b8-7+. The van der Waals surface area contributed by atoms with Gasteiger partial charge in [0.25, 0.3) is 0 Å². The van der Waals surface area contributed by atoms with Crippen LogP contribution in [0.2, 0.25) is 0 Å². The number of carbonyl (C=O) groups is 1. The summed E-state index contributed by atoms with van der Waals surface area (Å²) >= 11 is 0. The van der Waals surface area contributed by atoms with Gasteiger partial charge in [-0.15, -0.1) is 0 Å². The second kappa shape index (κ2) is 6.09. The van der Waals surface area contributed by atoms with Crippen molar-refractivity contribution in [2.75, 3.05) is 6.54 Å². The number of amides is 1. The fourth-order valence-electron chi connectivity index (χ4n) is 2.03. The van der Waals surface area contributed by atoms with Crippen LogP contribution < -0.4 is 5.32 Å². The second-order valence-corrected chi connectivity index (χ2v) is 4.59. The monoisotopic (exact) mass is 281 g/mol. The van der Waals surface area contributed by atoms with Crippen LogP contribution >= 0.6 is 0 Å². The van der Waals surface area contributed by atoms with E-state index in [2.05, 4.69) is 15.3 Å². The third-order valence-electron chi connectivity index (χ3n) is 3.04. The van der Waals surface area contributed by atoms with E-state index in [1.165, 1.54) is 6.08 Å². The van der Waals surface area contributed by atoms with E-state index >= 15 is 0 Å². The number of carbonyl (C=O) groups excluding carboxylic acids is 1. The SMILES string of the molecule is O=C(/C=C/c1ccco1)NCCc1nc2ccccc2[nH]1. The molecule has 0 saturated carbocycles. The molecule has 0 atom stereocenters. The van der Waals surface area contributed by atoms with Gasteiger partial charge in [-0.1, -0.05) is 12.1 Å². The lowest BCUT2D eigenvalue weighted by Crippen LogP contribution is -2.23. The number of aromatic amines is 1. The number of imidazole rings is 1. The van der Waals surface area contributed by atoms with Crippen molar-refractivity contribution < 1.29 is 9.21 Å². The molecule has 1 amide bonds. The molecule has 0 aliphatic carbocycles. The van der Waals surface area contributed by atoms with E-state index in [4.69, 9.17) is 4.42 Å². The van der Waals surface area contributed by atoms with Gasteiger partial charge in [0, 0.05) is 19.0 Å². The number of nitrogens with zero attached hydrogens (tertiary/aromatic N) is 1. The highest BCUT2D eigenvalue weighted by atomic mass is 16.3. The minimum absolute atomic E-state index is 0.150. The van der Waals surface area contributed by atoms with Gasteiger partial charge in [0.2, 0.25) is 5.91 Å². The average molecular weight is 281 g/mol. The quantitative estimate of drug-likeness (QED) is 0.706. The summed E-state index contributed by atoms with van der Waals surface area (Å²) in [7, 11) is 0. The Morgan fingerprint density at radius 3 is 3.00 bits per heavy atom. The number of hydrogen-bond donors (Lipinski definition) is 2. The van der Waals surface area contributed by atoms with Crippen LogP contribution in [0.25, 0.3) is 17.1 Å². The molecule has 3 aromatic rings. The molecule has 0 spiro atoms. The number of H-pyrrole nitrogens is 1. The fraction of sp³-hybridized carbons (Fsp3) is 0.125. The summed E-state index contributed by atoms with van der Waals surface area (Å²) in [4.78, 5) is 19.3. The molecular weight excluding hydrogens is 266 g/mol. The highest BCUT2D eigenvalue weighted by molar-refractivity contribution is 5.91. The lowest BCUT2D eigenvalue weighted by Gasteiger charge is -1.99. The predicted octanol–water partition coefficient (Wildman–Crippen LogP) is 2.53. The lowest BCUT2D eigenvalue weighted by atomic mass is 10.3. The van der Waals surface area contributed by atoms with Gasteiger partial charge in [-0.25, -0.2) is 4.98 Å². The van der Waals surface area contributed by atoms with E-state index in [9.17, 15) is 4.79 Å². The number of aromatic nitrogens is 2. The highest BCUT2D eigenvalue weighted by Crippen LogP contribution is 2.10. The van der Waals surface area contributed by atoms with Crippen molar-refractivity contribution in [1.82, 2.24) is 15.3 Å². The van der Waals surface area contributed by atoms with Crippen LogP contribution in [-0.4, -0.2) is 22.4 Å². The van der Waals surface area contributed by atoms with Crippen LogP contribution in [0.1, 0.15) is 11.6 Å². The molecule has 0 aliphatic heterocycles. The molecule has 0 aliphatic rings. The number of para-hydroxylation sites is 2. The molecule has 0 radical (unpaired) electrons.